The van der Waals surface area contributed by atoms with Crippen LogP contribution in [-0.2, 0) is 0 Å². The fourth-order valence-electron chi connectivity index (χ4n) is 1.58. The lowest BCUT2D eigenvalue weighted by atomic mass is 10.1. The van der Waals surface area contributed by atoms with E-state index in [0.717, 1.165) is 15.1 Å². The summed E-state index contributed by atoms with van der Waals surface area (Å²) in [5.74, 6) is 0.950. The van der Waals surface area contributed by atoms with Gasteiger partial charge in [-0.05, 0) is 30.7 Å². The average molecular weight is 312 g/mol. The van der Waals surface area contributed by atoms with Crippen molar-refractivity contribution in [2.45, 2.75) is 17.1 Å². The second-order valence-corrected chi connectivity index (χ2v) is 5.90. The Hall–Kier alpha value is -0.710. The molecule has 0 fully saturated rings. The summed E-state index contributed by atoms with van der Waals surface area (Å²) in [6.07, 6.45) is 1.72. The van der Waals surface area contributed by atoms with Crippen molar-refractivity contribution in [1.82, 2.24) is 0 Å². The molecule has 90 valence electrons. The zero-order chi connectivity index (χ0) is 12.3. The summed E-state index contributed by atoms with van der Waals surface area (Å²) in [6.45, 7) is 2.58. The zero-order valence-electron chi connectivity index (χ0n) is 9.52. The van der Waals surface area contributed by atoms with Gasteiger partial charge in [0.15, 0.2) is 0 Å². The Morgan fingerprint density at radius 3 is 2.53 bits per heavy atom. The van der Waals surface area contributed by atoms with Crippen LogP contribution in [0.2, 0.25) is 0 Å². The highest BCUT2D eigenvalue weighted by atomic mass is 79.9. The first-order chi connectivity index (χ1) is 8.20. The number of rotatable bonds is 4. The van der Waals surface area contributed by atoms with Crippen molar-refractivity contribution in [3.8, 4) is 0 Å². The fraction of sp³-hybridized carbons (Fsp3) is 0.231. The lowest BCUT2D eigenvalue weighted by molar-refractivity contribution is 0.526. The van der Waals surface area contributed by atoms with Crippen molar-refractivity contribution in [2.75, 3.05) is 6.54 Å². The molecule has 2 N–H and O–H groups in total. The standard InChI is InChI=1S/C13H14BrNOS/c1-9-12(6-7-16-9)17-13(8-15)10-2-4-11(14)5-3-10/h2-7,13H,8,15H2,1H3. The van der Waals surface area contributed by atoms with Crippen LogP contribution in [0.1, 0.15) is 16.6 Å². The van der Waals surface area contributed by atoms with E-state index in [9.17, 15) is 0 Å². The van der Waals surface area contributed by atoms with Crippen LogP contribution >= 0.6 is 27.7 Å². The van der Waals surface area contributed by atoms with Crippen molar-refractivity contribution in [1.29, 1.82) is 0 Å². The summed E-state index contributed by atoms with van der Waals surface area (Å²) < 4.78 is 6.38. The number of furan rings is 1. The van der Waals surface area contributed by atoms with Crippen LogP contribution in [0.25, 0.3) is 0 Å². The van der Waals surface area contributed by atoms with Crippen molar-refractivity contribution < 1.29 is 4.42 Å². The van der Waals surface area contributed by atoms with Gasteiger partial charge in [-0.2, -0.15) is 0 Å². The van der Waals surface area contributed by atoms with Gasteiger partial charge in [-0.25, -0.2) is 0 Å². The maximum absolute atomic E-state index is 5.85. The van der Waals surface area contributed by atoms with Gasteiger partial charge in [-0.15, -0.1) is 11.8 Å². The molecule has 2 aromatic rings. The van der Waals surface area contributed by atoms with Gasteiger partial charge in [0, 0.05) is 21.2 Å². The van der Waals surface area contributed by atoms with Crippen LogP contribution < -0.4 is 5.73 Å². The van der Waals surface area contributed by atoms with Crippen LogP contribution in [0.15, 0.2) is 50.4 Å². The molecule has 0 bridgehead atoms. The van der Waals surface area contributed by atoms with Crippen molar-refractivity contribution in [3.63, 3.8) is 0 Å². The molecule has 2 nitrogen and oxygen atoms in total. The first-order valence-electron chi connectivity index (χ1n) is 5.37. The Labute approximate surface area is 114 Å². The largest absolute Gasteiger partial charge is 0.468 e. The molecule has 1 aromatic carbocycles. The van der Waals surface area contributed by atoms with E-state index in [0.29, 0.717) is 6.54 Å². The van der Waals surface area contributed by atoms with Gasteiger partial charge >= 0.3 is 0 Å². The topological polar surface area (TPSA) is 39.2 Å². The van der Waals surface area contributed by atoms with Gasteiger partial charge in [0.05, 0.1) is 6.26 Å². The van der Waals surface area contributed by atoms with Gasteiger partial charge in [0.2, 0.25) is 0 Å². The van der Waals surface area contributed by atoms with Crippen LogP contribution in [-0.4, -0.2) is 6.54 Å². The summed E-state index contributed by atoms with van der Waals surface area (Å²) in [4.78, 5) is 1.16. The minimum Gasteiger partial charge on any atom is -0.468 e. The quantitative estimate of drug-likeness (QED) is 0.862. The third kappa shape index (κ3) is 3.15. The Bertz CT molecular complexity index is 480. The predicted octanol–water partition coefficient (Wildman–Crippen LogP) is 4.14. The van der Waals surface area contributed by atoms with E-state index in [1.54, 1.807) is 18.0 Å². The molecule has 0 aliphatic heterocycles. The summed E-state index contributed by atoms with van der Waals surface area (Å²) in [6, 6.07) is 10.3. The average Bonchev–Trinajstić information content (AvgIpc) is 2.73. The van der Waals surface area contributed by atoms with Crippen molar-refractivity contribution in [2.24, 2.45) is 5.73 Å². The Balaban J connectivity index is 2.17. The molecule has 2 rings (SSSR count). The van der Waals surface area contributed by atoms with Gasteiger partial charge in [0.25, 0.3) is 0 Å². The molecule has 1 aromatic heterocycles. The molecule has 0 saturated carbocycles. The molecule has 0 radical (unpaired) electrons. The molecular weight excluding hydrogens is 298 g/mol. The third-order valence-electron chi connectivity index (χ3n) is 2.54. The number of benzene rings is 1. The summed E-state index contributed by atoms with van der Waals surface area (Å²) in [5, 5.41) is 0.263. The van der Waals surface area contributed by atoms with Crippen molar-refractivity contribution in [3.05, 3.63) is 52.4 Å². The molecule has 0 aliphatic rings. The smallest absolute Gasteiger partial charge is 0.114 e. The highest BCUT2D eigenvalue weighted by Gasteiger charge is 2.13. The van der Waals surface area contributed by atoms with Crippen LogP contribution in [0.5, 0.6) is 0 Å². The Kier molecular flexibility index (Phi) is 4.31. The maximum Gasteiger partial charge on any atom is 0.114 e. The number of hydrogen-bond donors (Lipinski definition) is 1. The lowest BCUT2D eigenvalue weighted by Crippen LogP contribution is -2.09. The van der Waals surface area contributed by atoms with Gasteiger partial charge < -0.3 is 10.2 Å². The lowest BCUT2D eigenvalue weighted by Gasteiger charge is -2.14. The molecule has 1 atom stereocenters. The number of halogens is 1. The van der Waals surface area contributed by atoms with Crippen LogP contribution in [0.3, 0.4) is 0 Å². The minimum atomic E-state index is 0.263. The van der Waals surface area contributed by atoms with E-state index in [-0.39, 0.29) is 5.25 Å². The molecule has 1 unspecified atom stereocenters. The predicted molar refractivity (Wildman–Crippen MR) is 75.2 cm³/mol. The molecule has 0 amide bonds. The second kappa shape index (κ2) is 5.76. The van der Waals surface area contributed by atoms with Crippen LogP contribution in [0.4, 0.5) is 0 Å². The summed E-state index contributed by atoms with van der Waals surface area (Å²) in [7, 11) is 0. The van der Waals surface area contributed by atoms with Gasteiger partial charge in [-0.3, -0.25) is 0 Å². The number of aryl methyl sites for hydroxylation is 1. The highest BCUT2D eigenvalue weighted by molar-refractivity contribution is 9.10. The minimum absolute atomic E-state index is 0.263. The van der Waals surface area contributed by atoms with Crippen molar-refractivity contribution >= 4 is 27.7 Å². The summed E-state index contributed by atoms with van der Waals surface area (Å²) >= 11 is 5.18. The molecule has 17 heavy (non-hydrogen) atoms. The highest BCUT2D eigenvalue weighted by Crippen LogP contribution is 2.36. The monoisotopic (exact) mass is 311 g/mol. The van der Waals surface area contributed by atoms with E-state index >= 15 is 0 Å². The van der Waals surface area contributed by atoms with Crippen LogP contribution in [0, 0.1) is 6.92 Å². The number of hydrogen-bond acceptors (Lipinski definition) is 3. The first kappa shape index (κ1) is 12.7. The molecule has 0 saturated heterocycles. The first-order valence-corrected chi connectivity index (χ1v) is 7.04. The SMILES string of the molecule is Cc1occc1SC(CN)c1ccc(Br)cc1. The molecule has 4 heteroatoms. The fourth-order valence-corrected chi connectivity index (χ4v) is 2.89. The summed E-state index contributed by atoms with van der Waals surface area (Å²) in [5.41, 5.74) is 7.08. The number of nitrogens with two attached hydrogens (primary N) is 1. The van der Waals surface area contributed by atoms with E-state index in [1.807, 2.05) is 25.1 Å². The van der Waals surface area contributed by atoms with E-state index in [2.05, 4.69) is 28.1 Å². The van der Waals surface area contributed by atoms with Gasteiger partial charge in [-0.1, -0.05) is 28.1 Å². The number of thioether (sulfide) groups is 1. The van der Waals surface area contributed by atoms with E-state index in [4.69, 9.17) is 10.2 Å². The molecule has 1 heterocycles. The normalized spacial score (nSPS) is 12.6. The Morgan fingerprint density at radius 1 is 1.29 bits per heavy atom. The van der Waals surface area contributed by atoms with Gasteiger partial charge in [0.1, 0.15) is 5.76 Å². The third-order valence-corrected chi connectivity index (χ3v) is 4.49. The molecular formula is C13H14BrNOS. The molecule has 0 spiro atoms. The van der Waals surface area contributed by atoms with E-state index in [1.165, 1.54) is 5.56 Å². The maximum atomic E-state index is 5.85. The van der Waals surface area contributed by atoms with E-state index < -0.39 is 0 Å². The Morgan fingerprint density at radius 2 is 2.00 bits per heavy atom. The zero-order valence-corrected chi connectivity index (χ0v) is 11.9. The second-order valence-electron chi connectivity index (χ2n) is 3.73. The molecule has 0 aliphatic carbocycles.